The van der Waals surface area contributed by atoms with E-state index in [4.69, 9.17) is 9.47 Å². The molecule has 0 spiro atoms. The Morgan fingerprint density at radius 1 is 0.929 bits per heavy atom. The highest BCUT2D eigenvalue weighted by molar-refractivity contribution is 7.92. The second kappa shape index (κ2) is 8.58. The molecule has 7 heteroatoms. The molecule has 1 N–H and O–H groups in total. The fourth-order valence-corrected chi connectivity index (χ4v) is 3.80. The van der Waals surface area contributed by atoms with Crippen LogP contribution in [-0.4, -0.2) is 27.6 Å². The summed E-state index contributed by atoms with van der Waals surface area (Å²) >= 11 is 0. The Kier molecular flexibility index (Phi) is 5.96. The summed E-state index contributed by atoms with van der Waals surface area (Å²) in [7, 11) is -0.968. The van der Waals surface area contributed by atoms with E-state index in [2.05, 4.69) is 9.71 Å². The van der Waals surface area contributed by atoms with Crippen molar-refractivity contribution in [2.24, 2.45) is 0 Å². The highest BCUT2D eigenvalue weighted by atomic mass is 32.2. The van der Waals surface area contributed by atoms with Gasteiger partial charge in [0.15, 0.2) is 0 Å². The molecule has 0 saturated heterocycles. The van der Waals surface area contributed by atoms with E-state index in [1.54, 1.807) is 36.5 Å². The lowest BCUT2D eigenvalue weighted by Crippen LogP contribution is -2.14. The van der Waals surface area contributed by atoms with Crippen LogP contribution in [0.25, 0.3) is 12.2 Å². The number of nitrogens with one attached hydrogen (secondary N) is 1. The minimum absolute atomic E-state index is 0.00350. The van der Waals surface area contributed by atoms with Gasteiger partial charge in [-0.15, -0.1) is 0 Å². The Labute approximate surface area is 164 Å². The molecule has 0 aliphatic heterocycles. The lowest BCUT2D eigenvalue weighted by Gasteiger charge is -2.13. The van der Waals surface area contributed by atoms with Gasteiger partial charge in [0.1, 0.15) is 16.4 Å². The van der Waals surface area contributed by atoms with Gasteiger partial charge >= 0.3 is 0 Å². The molecule has 0 fully saturated rings. The number of methoxy groups -OCH3 is 2. The monoisotopic (exact) mass is 396 g/mol. The number of aromatic nitrogens is 1. The zero-order chi connectivity index (χ0) is 20.0. The van der Waals surface area contributed by atoms with Gasteiger partial charge in [0.2, 0.25) is 0 Å². The number of hydrogen-bond acceptors (Lipinski definition) is 5. The molecule has 1 aromatic heterocycles. The summed E-state index contributed by atoms with van der Waals surface area (Å²) in [5, 5.41) is 0. The maximum atomic E-state index is 12.9. The van der Waals surface area contributed by atoms with Crippen LogP contribution in [0.5, 0.6) is 11.5 Å². The number of benzene rings is 2. The number of nitrogens with zero attached hydrogens (tertiary/aromatic N) is 1. The maximum Gasteiger partial charge on any atom is 0.265 e. The third kappa shape index (κ3) is 4.69. The second-order valence-corrected chi connectivity index (χ2v) is 7.49. The van der Waals surface area contributed by atoms with Gasteiger partial charge in [-0.1, -0.05) is 24.3 Å². The van der Waals surface area contributed by atoms with E-state index in [1.807, 2.05) is 36.4 Å². The smallest absolute Gasteiger partial charge is 0.265 e. The molecule has 0 unspecified atom stereocenters. The van der Waals surface area contributed by atoms with Crippen LogP contribution in [0.15, 0.2) is 71.8 Å². The largest absolute Gasteiger partial charge is 0.497 e. The predicted molar refractivity (Wildman–Crippen MR) is 110 cm³/mol. The van der Waals surface area contributed by atoms with Crippen LogP contribution >= 0.6 is 0 Å². The molecule has 6 nitrogen and oxygen atoms in total. The van der Waals surface area contributed by atoms with E-state index in [-0.39, 0.29) is 10.6 Å². The molecule has 3 rings (SSSR count). The summed E-state index contributed by atoms with van der Waals surface area (Å²) < 4.78 is 38.6. The average Bonchev–Trinajstić information content (AvgIpc) is 2.72. The molecule has 0 atom stereocenters. The van der Waals surface area contributed by atoms with E-state index in [9.17, 15) is 8.42 Å². The average molecular weight is 396 g/mol. The van der Waals surface area contributed by atoms with E-state index in [0.717, 1.165) is 11.3 Å². The van der Waals surface area contributed by atoms with Crippen molar-refractivity contribution in [3.8, 4) is 11.5 Å². The van der Waals surface area contributed by atoms with Crippen molar-refractivity contribution >= 4 is 27.9 Å². The first kappa shape index (κ1) is 19.4. The summed E-state index contributed by atoms with van der Waals surface area (Å²) in [5.41, 5.74) is 2.09. The minimum Gasteiger partial charge on any atom is -0.497 e. The number of sulfonamides is 1. The third-order valence-corrected chi connectivity index (χ3v) is 5.34. The molecular formula is C21H20N2O4S. The first-order valence-corrected chi connectivity index (χ1v) is 9.94. The number of ether oxygens (including phenoxy) is 2. The topological polar surface area (TPSA) is 77.5 Å². The van der Waals surface area contributed by atoms with Crippen molar-refractivity contribution in [3.63, 3.8) is 0 Å². The molecule has 0 aliphatic rings. The fourth-order valence-electron chi connectivity index (χ4n) is 2.57. The molecule has 28 heavy (non-hydrogen) atoms. The van der Waals surface area contributed by atoms with Gasteiger partial charge < -0.3 is 9.47 Å². The number of pyridine rings is 1. The fraction of sp³-hybridized carbons (Fsp3) is 0.0952. The quantitative estimate of drug-likeness (QED) is 0.651. The van der Waals surface area contributed by atoms with E-state index >= 15 is 0 Å². The standard InChI is InChI=1S/C21H20N2O4S/c1-26-19-11-12-20(27-2)21(15-19)28(24,25)23-18-8-5-6-16(14-18)9-10-17-7-3-4-13-22-17/h3-15,23H,1-2H3. The summed E-state index contributed by atoms with van der Waals surface area (Å²) in [6.45, 7) is 0. The van der Waals surface area contributed by atoms with E-state index in [0.29, 0.717) is 11.4 Å². The second-order valence-electron chi connectivity index (χ2n) is 5.84. The lowest BCUT2D eigenvalue weighted by atomic mass is 10.2. The van der Waals surface area contributed by atoms with E-state index in [1.165, 1.54) is 20.3 Å². The summed E-state index contributed by atoms with van der Waals surface area (Å²) in [6, 6.07) is 17.3. The van der Waals surface area contributed by atoms with Crippen LogP contribution < -0.4 is 14.2 Å². The van der Waals surface area contributed by atoms with Crippen LogP contribution in [0.1, 0.15) is 11.3 Å². The van der Waals surface area contributed by atoms with Gasteiger partial charge in [0, 0.05) is 18.0 Å². The molecule has 144 valence electrons. The van der Waals surface area contributed by atoms with Crippen LogP contribution in [0, 0.1) is 0 Å². The number of hydrogen-bond donors (Lipinski definition) is 1. The van der Waals surface area contributed by atoms with Gasteiger partial charge in [0.05, 0.1) is 19.9 Å². The molecule has 1 heterocycles. The van der Waals surface area contributed by atoms with Gasteiger partial charge in [-0.3, -0.25) is 9.71 Å². The first-order valence-electron chi connectivity index (χ1n) is 8.46. The lowest BCUT2D eigenvalue weighted by molar-refractivity contribution is 0.392. The molecular weight excluding hydrogens is 376 g/mol. The Bertz CT molecular complexity index is 1080. The van der Waals surface area contributed by atoms with Crippen LogP contribution in [-0.2, 0) is 10.0 Å². The normalized spacial score (nSPS) is 11.4. The van der Waals surface area contributed by atoms with Crippen LogP contribution in [0.4, 0.5) is 5.69 Å². The SMILES string of the molecule is COc1ccc(OC)c(S(=O)(=O)Nc2cccc(C=Cc3ccccn3)c2)c1. The Morgan fingerprint density at radius 2 is 1.79 bits per heavy atom. The van der Waals surface area contributed by atoms with Gasteiger partial charge in [-0.25, -0.2) is 8.42 Å². The Morgan fingerprint density at radius 3 is 2.50 bits per heavy atom. The highest BCUT2D eigenvalue weighted by Crippen LogP contribution is 2.30. The molecule has 0 aliphatic carbocycles. The number of rotatable bonds is 7. The first-order chi connectivity index (χ1) is 13.5. The van der Waals surface area contributed by atoms with Crippen LogP contribution in [0.3, 0.4) is 0 Å². The Balaban J connectivity index is 1.86. The van der Waals surface area contributed by atoms with Gasteiger partial charge in [-0.05, 0) is 48.0 Å². The maximum absolute atomic E-state index is 12.9. The summed E-state index contributed by atoms with van der Waals surface area (Å²) in [5.74, 6) is 0.660. The summed E-state index contributed by atoms with van der Waals surface area (Å²) in [6.07, 6.45) is 5.44. The van der Waals surface area contributed by atoms with Crippen molar-refractivity contribution in [1.82, 2.24) is 4.98 Å². The molecule has 0 radical (unpaired) electrons. The summed E-state index contributed by atoms with van der Waals surface area (Å²) in [4.78, 5) is 4.23. The highest BCUT2D eigenvalue weighted by Gasteiger charge is 2.20. The van der Waals surface area contributed by atoms with Crippen molar-refractivity contribution < 1.29 is 17.9 Å². The zero-order valence-corrected chi connectivity index (χ0v) is 16.3. The van der Waals surface area contributed by atoms with E-state index < -0.39 is 10.0 Å². The minimum atomic E-state index is -3.86. The molecule has 2 aromatic carbocycles. The predicted octanol–water partition coefficient (Wildman–Crippen LogP) is 4.07. The van der Waals surface area contributed by atoms with Crippen molar-refractivity contribution in [1.29, 1.82) is 0 Å². The van der Waals surface area contributed by atoms with Gasteiger partial charge in [0.25, 0.3) is 10.0 Å². The molecule has 3 aromatic rings. The zero-order valence-electron chi connectivity index (χ0n) is 15.5. The Hall–Kier alpha value is -3.32. The number of anilines is 1. The van der Waals surface area contributed by atoms with Crippen molar-refractivity contribution in [2.45, 2.75) is 4.90 Å². The third-order valence-electron chi connectivity index (χ3n) is 3.93. The van der Waals surface area contributed by atoms with Crippen molar-refractivity contribution in [2.75, 3.05) is 18.9 Å². The molecule has 0 bridgehead atoms. The molecule has 0 amide bonds. The van der Waals surface area contributed by atoms with Gasteiger partial charge in [-0.2, -0.15) is 0 Å². The molecule has 0 saturated carbocycles. The van der Waals surface area contributed by atoms with Crippen molar-refractivity contribution in [3.05, 3.63) is 78.1 Å². The van der Waals surface area contributed by atoms with Crippen LogP contribution in [0.2, 0.25) is 0 Å².